The van der Waals surface area contributed by atoms with Gasteiger partial charge >= 0.3 is 0 Å². The van der Waals surface area contributed by atoms with Gasteiger partial charge in [-0.25, -0.2) is 4.39 Å². The van der Waals surface area contributed by atoms with Crippen LogP contribution < -0.4 is 5.32 Å². The first-order valence-electron chi connectivity index (χ1n) is 5.42. The van der Waals surface area contributed by atoms with E-state index in [-0.39, 0.29) is 22.6 Å². The van der Waals surface area contributed by atoms with Crippen molar-refractivity contribution in [1.29, 1.82) is 0 Å². The Bertz CT molecular complexity index is 396. The molecule has 0 aliphatic carbocycles. The van der Waals surface area contributed by atoms with Crippen LogP contribution in [0.1, 0.15) is 30.1 Å². The number of carbonyl (C=O) groups is 1. The van der Waals surface area contributed by atoms with E-state index < -0.39 is 5.82 Å². The van der Waals surface area contributed by atoms with E-state index in [4.69, 9.17) is 16.7 Å². The van der Waals surface area contributed by atoms with E-state index >= 15 is 0 Å². The second-order valence-electron chi connectivity index (χ2n) is 3.88. The van der Waals surface area contributed by atoms with Crippen molar-refractivity contribution in [2.75, 3.05) is 6.54 Å². The number of aliphatic hydroxyl groups is 1. The number of rotatable bonds is 5. The first-order valence-corrected chi connectivity index (χ1v) is 5.80. The highest BCUT2D eigenvalue weighted by Gasteiger charge is 2.08. The highest BCUT2D eigenvalue weighted by Crippen LogP contribution is 2.15. The van der Waals surface area contributed by atoms with Crippen LogP contribution in [0.5, 0.6) is 0 Å². The van der Waals surface area contributed by atoms with Crippen LogP contribution in [-0.2, 0) is 0 Å². The van der Waals surface area contributed by atoms with Gasteiger partial charge in [0, 0.05) is 12.1 Å². The third-order valence-electron chi connectivity index (χ3n) is 2.27. The van der Waals surface area contributed by atoms with Gasteiger partial charge in [-0.1, -0.05) is 11.6 Å². The van der Waals surface area contributed by atoms with Crippen molar-refractivity contribution in [2.24, 2.45) is 0 Å². The molecule has 0 aliphatic rings. The van der Waals surface area contributed by atoms with Crippen molar-refractivity contribution in [3.63, 3.8) is 0 Å². The van der Waals surface area contributed by atoms with Gasteiger partial charge in [-0.2, -0.15) is 0 Å². The molecular formula is C12H15ClFNO2. The molecule has 3 nitrogen and oxygen atoms in total. The Labute approximate surface area is 105 Å². The predicted molar refractivity (Wildman–Crippen MR) is 64.7 cm³/mol. The molecule has 5 heteroatoms. The van der Waals surface area contributed by atoms with Crippen molar-refractivity contribution in [1.82, 2.24) is 5.32 Å². The lowest BCUT2D eigenvalue weighted by Crippen LogP contribution is -2.25. The van der Waals surface area contributed by atoms with E-state index in [0.717, 1.165) is 6.07 Å². The summed E-state index contributed by atoms with van der Waals surface area (Å²) in [5.41, 5.74) is 0.240. The van der Waals surface area contributed by atoms with E-state index in [1.165, 1.54) is 12.1 Å². The Kier molecular flexibility index (Phi) is 5.38. The van der Waals surface area contributed by atoms with Crippen molar-refractivity contribution < 1.29 is 14.3 Å². The molecule has 0 spiro atoms. The largest absolute Gasteiger partial charge is 0.393 e. The first-order chi connectivity index (χ1) is 8.00. The summed E-state index contributed by atoms with van der Waals surface area (Å²) < 4.78 is 13.1. The second kappa shape index (κ2) is 6.57. The van der Waals surface area contributed by atoms with E-state index in [2.05, 4.69) is 5.32 Å². The topological polar surface area (TPSA) is 49.3 Å². The molecule has 1 rings (SSSR count). The van der Waals surface area contributed by atoms with E-state index in [1.54, 1.807) is 6.92 Å². The van der Waals surface area contributed by atoms with Crippen LogP contribution >= 0.6 is 11.6 Å². The molecule has 0 fully saturated rings. The fourth-order valence-electron chi connectivity index (χ4n) is 1.34. The first kappa shape index (κ1) is 13.9. The summed E-state index contributed by atoms with van der Waals surface area (Å²) in [7, 11) is 0. The SMILES string of the molecule is CC(O)CCCNC(=O)c1ccc(Cl)c(F)c1. The minimum absolute atomic E-state index is 0.00402. The quantitative estimate of drug-likeness (QED) is 0.798. The summed E-state index contributed by atoms with van der Waals surface area (Å²) in [5, 5.41) is 11.7. The minimum atomic E-state index is -0.608. The third kappa shape index (κ3) is 4.71. The zero-order valence-electron chi connectivity index (χ0n) is 9.54. The van der Waals surface area contributed by atoms with Crippen molar-refractivity contribution >= 4 is 17.5 Å². The van der Waals surface area contributed by atoms with Gasteiger partial charge < -0.3 is 10.4 Å². The van der Waals surface area contributed by atoms with E-state index in [0.29, 0.717) is 19.4 Å². The molecule has 0 bridgehead atoms. The molecule has 0 heterocycles. The number of amides is 1. The smallest absolute Gasteiger partial charge is 0.251 e. The molecule has 1 amide bonds. The Morgan fingerprint density at radius 1 is 1.59 bits per heavy atom. The van der Waals surface area contributed by atoms with Crippen molar-refractivity contribution in [3.05, 3.63) is 34.6 Å². The fourth-order valence-corrected chi connectivity index (χ4v) is 1.46. The van der Waals surface area contributed by atoms with Crippen molar-refractivity contribution in [2.45, 2.75) is 25.9 Å². The molecule has 1 aromatic rings. The highest BCUT2D eigenvalue weighted by atomic mass is 35.5. The van der Waals surface area contributed by atoms with Gasteiger partial charge in [-0.05, 0) is 38.0 Å². The Morgan fingerprint density at radius 3 is 2.88 bits per heavy atom. The molecular weight excluding hydrogens is 245 g/mol. The molecule has 1 atom stereocenters. The summed E-state index contributed by atoms with van der Waals surface area (Å²) in [6.45, 7) is 2.14. The van der Waals surface area contributed by atoms with E-state index in [9.17, 15) is 9.18 Å². The number of halogens is 2. The molecule has 0 saturated carbocycles. The summed E-state index contributed by atoms with van der Waals surface area (Å²) in [6.07, 6.45) is 0.925. The Balaban J connectivity index is 2.44. The number of nitrogens with one attached hydrogen (secondary N) is 1. The maximum absolute atomic E-state index is 13.1. The van der Waals surface area contributed by atoms with Crippen LogP contribution in [0.15, 0.2) is 18.2 Å². The number of carbonyl (C=O) groups excluding carboxylic acids is 1. The lowest BCUT2D eigenvalue weighted by Gasteiger charge is -2.06. The van der Waals surface area contributed by atoms with E-state index in [1.807, 2.05) is 0 Å². The lowest BCUT2D eigenvalue weighted by atomic mass is 10.2. The fraction of sp³-hybridized carbons (Fsp3) is 0.417. The van der Waals surface area contributed by atoms with Gasteiger partial charge in [0.1, 0.15) is 5.82 Å². The van der Waals surface area contributed by atoms with Crippen LogP contribution in [0.2, 0.25) is 5.02 Å². The zero-order valence-corrected chi connectivity index (χ0v) is 10.3. The Morgan fingerprint density at radius 2 is 2.29 bits per heavy atom. The van der Waals surface area contributed by atoms with Gasteiger partial charge in [0.2, 0.25) is 0 Å². The molecule has 94 valence electrons. The summed E-state index contributed by atoms with van der Waals surface area (Å²) in [6, 6.07) is 3.92. The molecule has 17 heavy (non-hydrogen) atoms. The number of hydrogen-bond acceptors (Lipinski definition) is 2. The molecule has 1 unspecified atom stereocenters. The Hall–Kier alpha value is -1.13. The minimum Gasteiger partial charge on any atom is -0.393 e. The van der Waals surface area contributed by atoms with Crippen LogP contribution in [0.4, 0.5) is 4.39 Å². The predicted octanol–water partition coefficient (Wildman–Crippen LogP) is 2.37. The third-order valence-corrected chi connectivity index (χ3v) is 2.57. The maximum atomic E-state index is 13.1. The van der Waals surface area contributed by atoms with Gasteiger partial charge in [-0.3, -0.25) is 4.79 Å². The zero-order chi connectivity index (χ0) is 12.8. The lowest BCUT2D eigenvalue weighted by molar-refractivity contribution is 0.0949. The number of hydrogen-bond donors (Lipinski definition) is 2. The summed E-state index contributed by atoms with van der Waals surface area (Å²) in [4.78, 5) is 11.6. The molecule has 1 aromatic carbocycles. The average Bonchev–Trinajstić information content (AvgIpc) is 2.27. The van der Waals surface area contributed by atoms with Gasteiger partial charge in [-0.15, -0.1) is 0 Å². The molecule has 2 N–H and O–H groups in total. The summed E-state index contributed by atoms with van der Waals surface area (Å²) in [5.74, 6) is -0.950. The molecule has 0 aromatic heterocycles. The van der Waals surface area contributed by atoms with Gasteiger partial charge in [0.25, 0.3) is 5.91 Å². The number of benzene rings is 1. The summed E-state index contributed by atoms with van der Waals surface area (Å²) >= 11 is 5.51. The molecule has 0 aliphatic heterocycles. The van der Waals surface area contributed by atoms with Crippen LogP contribution in [0, 0.1) is 5.82 Å². The van der Waals surface area contributed by atoms with Gasteiger partial charge in [0.05, 0.1) is 11.1 Å². The van der Waals surface area contributed by atoms with Crippen LogP contribution in [0.3, 0.4) is 0 Å². The highest BCUT2D eigenvalue weighted by molar-refractivity contribution is 6.30. The normalized spacial score (nSPS) is 12.2. The second-order valence-corrected chi connectivity index (χ2v) is 4.28. The number of aliphatic hydroxyl groups excluding tert-OH is 1. The maximum Gasteiger partial charge on any atom is 0.251 e. The van der Waals surface area contributed by atoms with Crippen molar-refractivity contribution in [3.8, 4) is 0 Å². The molecule has 0 radical (unpaired) electrons. The van der Waals surface area contributed by atoms with Gasteiger partial charge in [0.15, 0.2) is 0 Å². The molecule has 0 saturated heterocycles. The van der Waals surface area contributed by atoms with Crippen LogP contribution in [-0.4, -0.2) is 23.7 Å². The van der Waals surface area contributed by atoms with Crippen LogP contribution in [0.25, 0.3) is 0 Å². The monoisotopic (exact) mass is 259 g/mol. The standard InChI is InChI=1S/C12H15ClFNO2/c1-8(16)3-2-6-15-12(17)9-4-5-10(13)11(14)7-9/h4-5,7-8,16H,2-3,6H2,1H3,(H,15,17). The average molecular weight is 260 g/mol.